The molecule has 80 valence electrons. The van der Waals surface area contributed by atoms with Crippen LogP contribution in [0.5, 0.6) is 0 Å². The van der Waals surface area contributed by atoms with Crippen LogP contribution in [0.25, 0.3) is 0 Å². The van der Waals surface area contributed by atoms with Gasteiger partial charge in [-0.3, -0.25) is 0 Å². The molecule has 0 aromatic carbocycles. The normalized spacial score (nSPS) is 13.0. The first-order valence-corrected chi connectivity index (χ1v) is 5.11. The molecule has 0 saturated heterocycles. The number of ether oxygens (including phenoxy) is 1. The molecule has 1 aromatic rings. The minimum absolute atomic E-state index is 0.426. The highest BCUT2D eigenvalue weighted by Crippen LogP contribution is 2.06. The summed E-state index contributed by atoms with van der Waals surface area (Å²) < 4.78 is 10.4. The molecular weight excluding hydrogens is 178 g/mol. The molecule has 0 bridgehead atoms. The van der Waals surface area contributed by atoms with E-state index in [0.29, 0.717) is 6.04 Å². The molecule has 0 spiro atoms. The van der Waals surface area contributed by atoms with Crippen LogP contribution in [0.1, 0.15) is 19.1 Å². The van der Waals surface area contributed by atoms with E-state index in [1.807, 2.05) is 12.1 Å². The van der Waals surface area contributed by atoms with Crippen molar-refractivity contribution in [3.05, 3.63) is 24.2 Å². The van der Waals surface area contributed by atoms with E-state index in [4.69, 9.17) is 9.15 Å². The van der Waals surface area contributed by atoms with E-state index in [9.17, 15) is 0 Å². The van der Waals surface area contributed by atoms with Crippen LogP contribution in [-0.2, 0) is 11.2 Å². The van der Waals surface area contributed by atoms with Gasteiger partial charge in [0.05, 0.1) is 12.9 Å². The molecule has 0 saturated carbocycles. The van der Waals surface area contributed by atoms with Crippen molar-refractivity contribution >= 4 is 0 Å². The van der Waals surface area contributed by atoms with Crippen LogP contribution in [0, 0.1) is 0 Å². The summed E-state index contributed by atoms with van der Waals surface area (Å²) in [5.41, 5.74) is 0. The van der Waals surface area contributed by atoms with Gasteiger partial charge in [-0.05, 0) is 25.1 Å². The molecule has 3 heteroatoms. The molecule has 0 amide bonds. The molecule has 1 unspecified atom stereocenters. The number of furan rings is 1. The summed E-state index contributed by atoms with van der Waals surface area (Å²) in [6.45, 7) is 3.84. The minimum atomic E-state index is 0.426. The van der Waals surface area contributed by atoms with Crippen molar-refractivity contribution in [1.29, 1.82) is 0 Å². The smallest absolute Gasteiger partial charge is 0.103 e. The van der Waals surface area contributed by atoms with E-state index >= 15 is 0 Å². The van der Waals surface area contributed by atoms with Crippen LogP contribution >= 0.6 is 0 Å². The second-order valence-electron chi connectivity index (χ2n) is 3.33. The highest BCUT2D eigenvalue weighted by molar-refractivity contribution is 4.98. The Morgan fingerprint density at radius 1 is 1.57 bits per heavy atom. The fraction of sp³-hybridized carbons (Fsp3) is 0.636. The molecule has 0 radical (unpaired) electrons. The van der Waals surface area contributed by atoms with Gasteiger partial charge in [0.15, 0.2) is 0 Å². The fourth-order valence-electron chi connectivity index (χ4n) is 1.51. The lowest BCUT2D eigenvalue weighted by Crippen LogP contribution is -2.33. The third-order valence-corrected chi connectivity index (χ3v) is 2.18. The topological polar surface area (TPSA) is 34.4 Å². The van der Waals surface area contributed by atoms with Gasteiger partial charge < -0.3 is 14.5 Å². The summed E-state index contributed by atoms with van der Waals surface area (Å²) in [6, 6.07) is 4.36. The average molecular weight is 197 g/mol. The summed E-state index contributed by atoms with van der Waals surface area (Å²) in [5.74, 6) is 1.05. The zero-order valence-electron chi connectivity index (χ0n) is 8.95. The third kappa shape index (κ3) is 3.94. The van der Waals surface area contributed by atoms with E-state index in [1.54, 1.807) is 13.4 Å². The standard InChI is InChI=1S/C11H19NO2/c1-3-12-10(9-13-2)6-7-11-5-4-8-14-11/h4-5,8,10,12H,3,6-7,9H2,1-2H3. The summed E-state index contributed by atoms with van der Waals surface area (Å²) >= 11 is 0. The number of aryl methyl sites for hydroxylation is 1. The predicted octanol–water partition coefficient (Wildman–Crippen LogP) is 1.84. The molecule has 0 aliphatic heterocycles. The Morgan fingerprint density at radius 2 is 2.43 bits per heavy atom. The van der Waals surface area contributed by atoms with Gasteiger partial charge in [-0.2, -0.15) is 0 Å². The zero-order chi connectivity index (χ0) is 10.2. The van der Waals surface area contributed by atoms with Crippen LogP contribution in [0.15, 0.2) is 22.8 Å². The zero-order valence-corrected chi connectivity index (χ0v) is 8.95. The molecule has 1 N–H and O–H groups in total. The van der Waals surface area contributed by atoms with Gasteiger partial charge in [-0.25, -0.2) is 0 Å². The number of likely N-dealkylation sites (N-methyl/N-ethyl adjacent to an activating group) is 1. The van der Waals surface area contributed by atoms with E-state index in [1.165, 1.54) is 0 Å². The van der Waals surface area contributed by atoms with Crippen LogP contribution in [0.4, 0.5) is 0 Å². The molecule has 0 aliphatic carbocycles. The molecule has 14 heavy (non-hydrogen) atoms. The van der Waals surface area contributed by atoms with Gasteiger partial charge in [0.25, 0.3) is 0 Å². The average Bonchev–Trinajstić information content (AvgIpc) is 2.67. The van der Waals surface area contributed by atoms with Crippen molar-refractivity contribution < 1.29 is 9.15 Å². The Balaban J connectivity index is 2.25. The maximum atomic E-state index is 5.27. The van der Waals surface area contributed by atoms with Gasteiger partial charge in [0.1, 0.15) is 5.76 Å². The van der Waals surface area contributed by atoms with E-state index < -0.39 is 0 Å². The molecule has 3 nitrogen and oxygen atoms in total. The quantitative estimate of drug-likeness (QED) is 0.724. The lowest BCUT2D eigenvalue weighted by Gasteiger charge is -2.15. The van der Waals surface area contributed by atoms with Crippen LogP contribution < -0.4 is 5.32 Å². The Hall–Kier alpha value is -0.800. The van der Waals surface area contributed by atoms with Crippen molar-refractivity contribution in [2.75, 3.05) is 20.3 Å². The first-order chi connectivity index (χ1) is 6.86. The van der Waals surface area contributed by atoms with Crippen molar-refractivity contribution in [2.24, 2.45) is 0 Å². The Bertz CT molecular complexity index is 215. The Kier molecular flexibility index (Phi) is 5.33. The van der Waals surface area contributed by atoms with E-state index in [-0.39, 0.29) is 0 Å². The lowest BCUT2D eigenvalue weighted by molar-refractivity contribution is 0.162. The summed E-state index contributed by atoms with van der Waals surface area (Å²) in [7, 11) is 1.73. The van der Waals surface area contributed by atoms with Gasteiger partial charge in [0, 0.05) is 19.6 Å². The molecule has 1 heterocycles. The molecule has 1 aromatic heterocycles. The minimum Gasteiger partial charge on any atom is -0.469 e. The first-order valence-electron chi connectivity index (χ1n) is 5.11. The Labute approximate surface area is 85.4 Å². The second-order valence-corrected chi connectivity index (χ2v) is 3.33. The fourth-order valence-corrected chi connectivity index (χ4v) is 1.51. The molecule has 0 fully saturated rings. The summed E-state index contributed by atoms with van der Waals surface area (Å²) in [5, 5.41) is 3.38. The van der Waals surface area contributed by atoms with Crippen molar-refractivity contribution in [3.63, 3.8) is 0 Å². The maximum Gasteiger partial charge on any atom is 0.103 e. The van der Waals surface area contributed by atoms with Gasteiger partial charge in [0.2, 0.25) is 0 Å². The largest absolute Gasteiger partial charge is 0.469 e. The first kappa shape index (κ1) is 11.3. The second kappa shape index (κ2) is 6.62. The van der Waals surface area contributed by atoms with Gasteiger partial charge in [-0.15, -0.1) is 0 Å². The van der Waals surface area contributed by atoms with Crippen molar-refractivity contribution in [1.82, 2.24) is 5.32 Å². The van der Waals surface area contributed by atoms with Gasteiger partial charge >= 0.3 is 0 Å². The number of methoxy groups -OCH3 is 1. The predicted molar refractivity (Wildman–Crippen MR) is 56.4 cm³/mol. The highest BCUT2D eigenvalue weighted by Gasteiger charge is 2.07. The van der Waals surface area contributed by atoms with Crippen LogP contribution in [-0.4, -0.2) is 26.3 Å². The van der Waals surface area contributed by atoms with E-state index in [2.05, 4.69) is 12.2 Å². The lowest BCUT2D eigenvalue weighted by atomic mass is 10.1. The van der Waals surface area contributed by atoms with Crippen LogP contribution in [0.2, 0.25) is 0 Å². The third-order valence-electron chi connectivity index (χ3n) is 2.18. The number of rotatable bonds is 7. The van der Waals surface area contributed by atoms with Crippen molar-refractivity contribution in [3.8, 4) is 0 Å². The highest BCUT2D eigenvalue weighted by atomic mass is 16.5. The number of hydrogen-bond donors (Lipinski definition) is 1. The van der Waals surface area contributed by atoms with Crippen molar-refractivity contribution in [2.45, 2.75) is 25.8 Å². The SMILES string of the molecule is CCNC(CCc1ccco1)COC. The van der Waals surface area contributed by atoms with Crippen LogP contribution in [0.3, 0.4) is 0 Å². The molecule has 1 atom stereocenters. The monoisotopic (exact) mass is 197 g/mol. The maximum absolute atomic E-state index is 5.27. The van der Waals surface area contributed by atoms with E-state index in [0.717, 1.165) is 31.8 Å². The summed E-state index contributed by atoms with van der Waals surface area (Å²) in [4.78, 5) is 0. The number of hydrogen-bond acceptors (Lipinski definition) is 3. The molecular formula is C11H19NO2. The molecule has 1 rings (SSSR count). The Morgan fingerprint density at radius 3 is 3.00 bits per heavy atom. The summed E-state index contributed by atoms with van der Waals surface area (Å²) in [6.07, 6.45) is 3.73. The number of nitrogens with one attached hydrogen (secondary N) is 1. The van der Waals surface area contributed by atoms with Gasteiger partial charge in [-0.1, -0.05) is 6.92 Å². The molecule has 0 aliphatic rings.